The summed E-state index contributed by atoms with van der Waals surface area (Å²) in [5.74, 6) is 1.77. The van der Waals surface area contributed by atoms with Crippen molar-refractivity contribution in [3.05, 3.63) is 0 Å². The highest BCUT2D eigenvalue weighted by Gasteiger charge is 2.29. The number of hydrogen-bond donors (Lipinski definition) is 2. The molecule has 0 aromatic rings. The van der Waals surface area contributed by atoms with Crippen molar-refractivity contribution in [3.63, 3.8) is 0 Å². The van der Waals surface area contributed by atoms with Crippen LogP contribution < -0.4 is 10.0 Å². The summed E-state index contributed by atoms with van der Waals surface area (Å²) in [5.41, 5.74) is 0. The fourth-order valence-electron chi connectivity index (χ4n) is 3.09. The zero-order valence-corrected chi connectivity index (χ0v) is 13.4. The summed E-state index contributed by atoms with van der Waals surface area (Å²) in [5, 5.41) is 3.93. The van der Waals surface area contributed by atoms with E-state index in [-0.39, 0.29) is 6.04 Å². The lowest BCUT2D eigenvalue weighted by Crippen LogP contribution is -2.39. The van der Waals surface area contributed by atoms with Gasteiger partial charge < -0.3 is 5.32 Å². The molecule has 1 saturated carbocycles. The number of rotatable bonds is 6. The summed E-state index contributed by atoms with van der Waals surface area (Å²) >= 11 is 1.96. The first-order chi connectivity index (χ1) is 9.09. The van der Waals surface area contributed by atoms with Crippen molar-refractivity contribution < 1.29 is 8.42 Å². The van der Waals surface area contributed by atoms with Crippen molar-refractivity contribution >= 4 is 21.8 Å². The fraction of sp³-hybridized carbons (Fsp3) is 1.00. The van der Waals surface area contributed by atoms with E-state index in [1.165, 1.54) is 0 Å². The molecule has 19 heavy (non-hydrogen) atoms. The zero-order chi connectivity index (χ0) is 13.7. The monoisotopic (exact) mass is 306 g/mol. The van der Waals surface area contributed by atoms with Crippen molar-refractivity contribution in [2.24, 2.45) is 5.92 Å². The van der Waals surface area contributed by atoms with Crippen LogP contribution in [0.25, 0.3) is 0 Å². The van der Waals surface area contributed by atoms with Crippen LogP contribution in [0.15, 0.2) is 0 Å². The Labute approximate surface area is 121 Å². The van der Waals surface area contributed by atoms with Crippen molar-refractivity contribution in [2.75, 3.05) is 24.6 Å². The maximum absolute atomic E-state index is 12.2. The minimum absolute atomic E-state index is 0.177. The van der Waals surface area contributed by atoms with Gasteiger partial charge in [-0.3, -0.25) is 0 Å². The molecule has 6 heteroatoms. The number of hydrogen-bond acceptors (Lipinski definition) is 4. The normalized spacial score (nSPS) is 29.7. The van der Waals surface area contributed by atoms with Crippen molar-refractivity contribution in [1.29, 1.82) is 0 Å². The molecule has 1 saturated heterocycles. The highest BCUT2D eigenvalue weighted by Crippen LogP contribution is 2.30. The van der Waals surface area contributed by atoms with Crippen molar-refractivity contribution in [1.82, 2.24) is 10.0 Å². The van der Waals surface area contributed by atoms with Crippen molar-refractivity contribution in [3.8, 4) is 0 Å². The van der Waals surface area contributed by atoms with Gasteiger partial charge in [0.2, 0.25) is 10.0 Å². The Hall–Kier alpha value is 0.220. The summed E-state index contributed by atoms with van der Waals surface area (Å²) in [7, 11) is -3.09. The van der Waals surface area contributed by atoms with E-state index in [4.69, 9.17) is 0 Å². The van der Waals surface area contributed by atoms with E-state index in [0.29, 0.717) is 16.9 Å². The number of piperidine rings is 1. The van der Waals surface area contributed by atoms with Crippen LogP contribution >= 0.6 is 11.8 Å². The van der Waals surface area contributed by atoms with E-state index >= 15 is 0 Å². The lowest BCUT2D eigenvalue weighted by atomic mass is 10.0. The molecule has 0 bridgehead atoms. The summed E-state index contributed by atoms with van der Waals surface area (Å²) in [4.78, 5) is 0. The van der Waals surface area contributed by atoms with Gasteiger partial charge in [-0.15, -0.1) is 0 Å². The first kappa shape index (κ1) is 15.6. The Morgan fingerprint density at radius 2 is 1.95 bits per heavy atom. The molecule has 2 N–H and O–H groups in total. The van der Waals surface area contributed by atoms with Gasteiger partial charge in [-0.05, 0) is 56.9 Å². The molecule has 4 nitrogen and oxygen atoms in total. The van der Waals surface area contributed by atoms with Gasteiger partial charge in [-0.25, -0.2) is 13.1 Å². The first-order valence-corrected chi connectivity index (χ1v) is 10.1. The Kier molecular flexibility index (Phi) is 5.99. The van der Waals surface area contributed by atoms with Gasteiger partial charge >= 0.3 is 0 Å². The van der Waals surface area contributed by atoms with Gasteiger partial charge in [0.1, 0.15) is 0 Å². The van der Waals surface area contributed by atoms with Gasteiger partial charge in [0, 0.05) is 11.3 Å². The van der Waals surface area contributed by atoms with Crippen LogP contribution in [-0.2, 0) is 10.0 Å². The van der Waals surface area contributed by atoms with Gasteiger partial charge in [-0.2, -0.15) is 11.8 Å². The van der Waals surface area contributed by atoms with Crippen LogP contribution in [0.1, 0.15) is 39.0 Å². The SMILES string of the molecule is CCSC1CCC(NS(=O)(=O)CC2CCNCC2)C1. The Morgan fingerprint density at radius 1 is 1.21 bits per heavy atom. The van der Waals surface area contributed by atoms with Crippen LogP contribution in [0.2, 0.25) is 0 Å². The predicted octanol–water partition coefficient (Wildman–Crippen LogP) is 1.58. The molecule has 0 spiro atoms. The van der Waals surface area contributed by atoms with E-state index in [9.17, 15) is 8.42 Å². The van der Waals surface area contributed by atoms with E-state index < -0.39 is 10.0 Å². The molecule has 112 valence electrons. The third kappa shape index (κ3) is 5.25. The van der Waals surface area contributed by atoms with Crippen LogP contribution in [0.4, 0.5) is 0 Å². The molecule has 2 atom stereocenters. The average molecular weight is 306 g/mol. The first-order valence-electron chi connectivity index (χ1n) is 7.41. The molecular weight excluding hydrogens is 280 g/mol. The topological polar surface area (TPSA) is 58.2 Å². The second-order valence-corrected chi connectivity index (χ2v) is 9.06. The maximum atomic E-state index is 12.2. The summed E-state index contributed by atoms with van der Waals surface area (Å²) in [6.07, 6.45) is 5.13. The van der Waals surface area contributed by atoms with Crippen LogP contribution in [-0.4, -0.2) is 44.3 Å². The molecular formula is C13H26N2O2S2. The smallest absolute Gasteiger partial charge is 0.212 e. The number of nitrogens with one attached hydrogen (secondary N) is 2. The standard InChI is InChI=1S/C13H26N2O2S2/c1-2-18-13-4-3-12(9-13)15-19(16,17)10-11-5-7-14-8-6-11/h11-15H,2-10H2,1H3. The fourth-order valence-corrected chi connectivity index (χ4v) is 6.01. The number of thioether (sulfide) groups is 1. The number of sulfonamides is 1. The van der Waals surface area contributed by atoms with E-state index in [1.54, 1.807) is 0 Å². The van der Waals surface area contributed by atoms with E-state index in [2.05, 4.69) is 17.0 Å². The van der Waals surface area contributed by atoms with Gasteiger partial charge in [0.25, 0.3) is 0 Å². The maximum Gasteiger partial charge on any atom is 0.212 e. The molecule has 0 amide bonds. The molecule has 2 fully saturated rings. The minimum atomic E-state index is -3.09. The van der Waals surface area contributed by atoms with Crippen LogP contribution in [0.5, 0.6) is 0 Å². The van der Waals surface area contributed by atoms with E-state index in [0.717, 1.165) is 50.9 Å². The quantitative estimate of drug-likeness (QED) is 0.782. The third-order valence-electron chi connectivity index (χ3n) is 4.05. The second kappa shape index (κ2) is 7.29. The lowest BCUT2D eigenvalue weighted by Gasteiger charge is -2.23. The Bertz CT molecular complexity index is 367. The summed E-state index contributed by atoms with van der Waals surface area (Å²) in [6, 6.07) is 0.177. The summed E-state index contributed by atoms with van der Waals surface area (Å²) in [6.45, 7) is 4.08. The second-order valence-electron chi connectivity index (χ2n) is 5.68. The van der Waals surface area contributed by atoms with Crippen LogP contribution in [0.3, 0.4) is 0 Å². The molecule has 2 unspecified atom stereocenters. The highest BCUT2D eigenvalue weighted by atomic mass is 32.2. The molecule has 0 aromatic carbocycles. The molecule has 2 aliphatic rings. The zero-order valence-electron chi connectivity index (χ0n) is 11.7. The molecule has 1 aliphatic heterocycles. The van der Waals surface area contributed by atoms with Gasteiger partial charge in [0.05, 0.1) is 5.75 Å². The third-order valence-corrected chi connectivity index (χ3v) is 6.88. The van der Waals surface area contributed by atoms with Gasteiger partial charge in [-0.1, -0.05) is 6.92 Å². The van der Waals surface area contributed by atoms with Gasteiger partial charge in [0.15, 0.2) is 0 Å². The minimum Gasteiger partial charge on any atom is -0.317 e. The molecule has 0 aromatic heterocycles. The van der Waals surface area contributed by atoms with E-state index in [1.807, 2.05) is 11.8 Å². The highest BCUT2D eigenvalue weighted by molar-refractivity contribution is 7.99. The summed E-state index contributed by atoms with van der Waals surface area (Å²) < 4.78 is 27.3. The largest absolute Gasteiger partial charge is 0.317 e. The predicted molar refractivity (Wildman–Crippen MR) is 82.1 cm³/mol. The Balaban J connectivity index is 1.77. The average Bonchev–Trinajstić information content (AvgIpc) is 2.77. The molecule has 1 aliphatic carbocycles. The lowest BCUT2D eigenvalue weighted by molar-refractivity contribution is 0.399. The molecule has 0 radical (unpaired) electrons. The van der Waals surface area contributed by atoms with Crippen molar-refractivity contribution in [2.45, 2.75) is 50.3 Å². The molecule has 2 rings (SSSR count). The Morgan fingerprint density at radius 3 is 2.63 bits per heavy atom. The van der Waals surface area contributed by atoms with Crippen LogP contribution in [0, 0.1) is 5.92 Å². The molecule has 1 heterocycles.